The number of piperidine rings is 1. The van der Waals surface area contributed by atoms with Gasteiger partial charge in [-0.15, -0.1) is 0 Å². The Kier molecular flexibility index (Phi) is 5.30. The Bertz CT molecular complexity index is 711. The first-order valence-electron chi connectivity index (χ1n) is 9.78. The Morgan fingerprint density at radius 2 is 1.69 bits per heavy atom. The molecule has 136 valence electrons. The minimum Gasteiger partial charge on any atom is -0.335 e. The Labute approximate surface area is 155 Å². The molecule has 1 atom stereocenters. The summed E-state index contributed by atoms with van der Waals surface area (Å²) in [5.41, 5.74) is 2.16. The van der Waals surface area contributed by atoms with Gasteiger partial charge in [-0.25, -0.2) is 0 Å². The maximum atomic E-state index is 12.9. The van der Waals surface area contributed by atoms with Crippen LogP contribution >= 0.6 is 0 Å². The predicted octanol–water partition coefficient (Wildman–Crippen LogP) is 3.60. The van der Waals surface area contributed by atoms with Gasteiger partial charge in [0.2, 0.25) is 0 Å². The molecule has 0 bridgehead atoms. The van der Waals surface area contributed by atoms with Crippen molar-refractivity contribution in [3.8, 4) is 0 Å². The van der Waals surface area contributed by atoms with Gasteiger partial charge in [-0.2, -0.15) is 0 Å². The van der Waals surface area contributed by atoms with Crippen LogP contribution in [-0.4, -0.2) is 46.4 Å². The smallest absolute Gasteiger partial charge is 0.254 e. The van der Waals surface area contributed by atoms with Gasteiger partial charge in [0, 0.05) is 37.1 Å². The van der Waals surface area contributed by atoms with Gasteiger partial charge in [0.15, 0.2) is 0 Å². The normalized spacial score (nSPS) is 21.8. The van der Waals surface area contributed by atoms with Crippen LogP contribution in [-0.2, 0) is 6.54 Å². The highest BCUT2D eigenvalue weighted by atomic mass is 16.2. The largest absolute Gasteiger partial charge is 0.335 e. The van der Waals surface area contributed by atoms with E-state index in [-0.39, 0.29) is 5.91 Å². The summed E-state index contributed by atoms with van der Waals surface area (Å²) >= 11 is 0. The lowest BCUT2D eigenvalue weighted by atomic mass is 9.87. The van der Waals surface area contributed by atoms with Gasteiger partial charge in [0.05, 0.1) is 0 Å². The van der Waals surface area contributed by atoms with E-state index in [9.17, 15) is 4.79 Å². The van der Waals surface area contributed by atoms with Crippen LogP contribution in [0.15, 0.2) is 54.9 Å². The standard InChI is InChI=1S/C22H27N3O/c26-22(20-8-12-23-13-9-20)25-14-4-7-21(25)19-10-15-24(16-11-19)17-18-5-2-1-3-6-18/h1-3,5-6,8-9,12-13,19,21H,4,7,10-11,14-17H2/t21-/m1/s1. The number of benzene rings is 1. The van der Waals surface area contributed by atoms with Crippen molar-refractivity contribution in [2.75, 3.05) is 19.6 Å². The van der Waals surface area contributed by atoms with E-state index in [0.717, 1.165) is 44.6 Å². The van der Waals surface area contributed by atoms with Crippen LogP contribution in [0, 0.1) is 5.92 Å². The molecule has 4 nitrogen and oxygen atoms in total. The predicted molar refractivity (Wildman–Crippen MR) is 103 cm³/mol. The maximum absolute atomic E-state index is 12.9. The molecule has 2 aliphatic rings. The molecule has 4 heteroatoms. The molecule has 2 fully saturated rings. The Morgan fingerprint density at radius 1 is 0.962 bits per heavy atom. The van der Waals surface area contributed by atoms with Crippen molar-refractivity contribution >= 4 is 5.91 Å². The van der Waals surface area contributed by atoms with Crippen LogP contribution in [0.25, 0.3) is 0 Å². The molecule has 0 radical (unpaired) electrons. The molecule has 1 aromatic carbocycles. The molecule has 2 aromatic rings. The fourth-order valence-corrected chi connectivity index (χ4v) is 4.53. The second kappa shape index (κ2) is 8.00. The summed E-state index contributed by atoms with van der Waals surface area (Å²) in [5.74, 6) is 0.817. The molecule has 2 saturated heterocycles. The number of carbonyl (C=O) groups is 1. The van der Waals surface area contributed by atoms with E-state index < -0.39 is 0 Å². The molecule has 0 aliphatic carbocycles. The van der Waals surface area contributed by atoms with Crippen molar-refractivity contribution in [3.05, 3.63) is 66.0 Å². The first kappa shape index (κ1) is 17.2. The highest BCUT2D eigenvalue weighted by Crippen LogP contribution is 2.32. The van der Waals surface area contributed by atoms with Crippen molar-refractivity contribution in [1.82, 2.24) is 14.8 Å². The number of rotatable bonds is 4. The van der Waals surface area contributed by atoms with E-state index in [1.807, 2.05) is 12.1 Å². The third kappa shape index (κ3) is 3.80. The number of hydrogen-bond donors (Lipinski definition) is 0. The van der Waals surface area contributed by atoms with Gasteiger partial charge in [-0.05, 0) is 62.4 Å². The number of hydrogen-bond acceptors (Lipinski definition) is 3. The van der Waals surface area contributed by atoms with Gasteiger partial charge in [0.1, 0.15) is 0 Å². The monoisotopic (exact) mass is 349 g/mol. The number of likely N-dealkylation sites (tertiary alicyclic amines) is 2. The highest BCUT2D eigenvalue weighted by molar-refractivity contribution is 5.94. The molecular weight excluding hydrogens is 322 g/mol. The lowest BCUT2D eigenvalue weighted by Gasteiger charge is -2.38. The molecular formula is C22H27N3O. The quantitative estimate of drug-likeness (QED) is 0.846. The molecule has 1 aromatic heterocycles. The van der Waals surface area contributed by atoms with Crippen molar-refractivity contribution in [2.45, 2.75) is 38.3 Å². The summed E-state index contributed by atoms with van der Waals surface area (Å²) in [4.78, 5) is 21.6. The average molecular weight is 349 g/mol. The second-order valence-corrected chi connectivity index (χ2v) is 7.54. The van der Waals surface area contributed by atoms with E-state index in [2.05, 4.69) is 45.1 Å². The lowest BCUT2D eigenvalue weighted by Crippen LogP contribution is -2.44. The zero-order valence-electron chi connectivity index (χ0n) is 15.3. The van der Waals surface area contributed by atoms with Crippen molar-refractivity contribution in [1.29, 1.82) is 0 Å². The lowest BCUT2D eigenvalue weighted by molar-refractivity contribution is 0.0614. The summed E-state index contributed by atoms with van der Waals surface area (Å²) in [6.45, 7) is 4.20. The SMILES string of the molecule is O=C(c1ccncc1)N1CCC[C@@H]1C1CCN(Cc2ccccc2)CC1. The summed E-state index contributed by atoms with van der Waals surface area (Å²) in [7, 11) is 0. The number of amides is 1. The minimum absolute atomic E-state index is 0.182. The van der Waals surface area contributed by atoms with Crippen LogP contribution in [0.1, 0.15) is 41.6 Å². The van der Waals surface area contributed by atoms with Gasteiger partial charge in [-0.1, -0.05) is 30.3 Å². The van der Waals surface area contributed by atoms with Crippen LogP contribution < -0.4 is 0 Å². The van der Waals surface area contributed by atoms with E-state index >= 15 is 0 Å². The molecule has 26 heavy (non-hydrogen) atoms. The fourth-order valence-electron chi connectivity index (χ4n) is 4.53. The third-order valence-electron chi connectivity index (χ3n) is 5.91. The Hall–Kier alpha value is -2.20. The van der Waals surface area contributed by atoms with Crippen LogP contribution in [0.3, 0.4) is 0 Å². The summed E-state index contributed by atoms with van der Waals surface area (Å²) in [5, 5.41) is 0. The van der Waals surface area contributed by atoms with Crippen molar-refractivity contribution in [3.63, 3.8) is 0 Å². The molecule has 4 rings (SSSR count). The molecule has 3 heterocycles. The summed E-state index contributed by atoms with van der Waals surface area (Å²) < 4.78 is 0. The number of pyridine rings is 1. The zero-order chi connectivity index (χ0) is 17.8. The number of nitrogens with zero attached hydrogens (tertiary/aromatic N) is 3. The number of aromatic nitrogens is 1. The number of carbonyl (C=O) groups excluding carboxylic acids is 1. The summed E-state index contributed by atoms with van der Waals surface area (Å²) in [6.07, 6.45) is 8.09. The molecule has 1 amide bonds. The van der Waals surface area contributed by atoms with Crippen LogP contribution in [0.4, 0.5) is 0 Å². The first-order valence-corrected chi connectivity index (χ1v) is 9.78. The van der Waals surface area contributed by atoms with Gasteiger partial charge < -0.3 is 4.90 Å². The fraction of sp³-hybridized carbons (Fsp3) is 0.455. The van der Waals surface area contributed by atoms with E-state index in [1.165, 1.54) is 18.4 Å². The minimum atomic E-state index is 0.182. The van der Waals surface area contributed by atoms with Crippen LogP contribution in [0.5, 0.6) is 0 Å². The van der Waals surface area contributed by atoms with E-state index in [0.29, 0.717) is 12.0 Å². The van der Waals surface area contributed by atoms with E-state index in [4.69, 9.17) is 0 Å². The summed E-state index contributed by atoms with van der Waals surface area (Å²) in [6, 6.07) is 14.8. The van der Waals surface area contributed by atoms with Crippen molar-refractivity contribution < 1.29 is 4.79 Å². The zero-order valence-corrected chi connectivity index (χ0v) is 15.3. The van der Waals surface area contributed by atoms with Gasteiger partial charge >= 0.3 is 0 Å². The van der Waals surface area contributed by atoms with Crippen LogP contribution in [0.2, 0.25) is 0 Å². The molecule has 0 unspecified atom stereocenters. The van der Waals surface area contributed by atoms with Crippen molar-refractivity contribution in [2.24, 2.45) is 5.92 Å². The van der Waals surface area contributed by atoms with Gasteiger partial charge in [-0.3, -0.25) is 14.7 Å². The average Bonchev–Trinajstić information content (AvgIpc) is 3.19. The Morgan fingerprint density at radius 3 is 2.42 bits per heavy atom. The second-order valence-electron chi connectivity index (χ2n) is 7.54. The van der Waals surface area contributed by atoms with Gasteiger partial charge in [0.25, 0.3) is 5.91 Å². The third-order valence-corrected chi connectivity index (χ3v) is 5.91. The maximum Gasteiger partial charge on any atom is 0.254 e. The molecule has 0 saturated carbocycles. The molecule has 2 aliphatic heterocycles. The molecule has 0 N–H and O–H groups in total. The van der Waals surface area contributed by atoms with E-state index in [1.54, 1.807) is 12.4 Å². The topological polar surface area (TPSA) is 36.4 Å². The molecule has 0 spiro atoms. The Balaban J connectivity index is 1.35. The first-order chi connectivity index (χ1) is 12.8. The highest BCUT2D eigenvalue weighted by Gasteiger charge is 2.36.